The smallest absolute Gasteiger partial charge is 0.231 e. The lowest BCUT2D eigenvalue weighted by molar-refractivity contribution is 0.174. The summed E-state index contributed by atoms with van der Waals surface area (Å²) < 4.78 is 11.7. The Kier molecular flexibility index (Phi) is 4.26. The number of aromatic nitrogens is 1. The molecule has 0 saturated carbocycles. The fourth-order valence-electron chi connectivity index (χ4n) is 2.48. The van der Waals surface area contributed by atoms with Crippen LogP contribution in [0.15, 0.2) is 52.3 Å². The molecule has 2 aromatic carbocycles. The molecule has 0 amide bonds. The van der Waals surface area contributed by atoms with Crippen LogP contribution in [0.2, 0.25) is 0 Å². The first-order chi connectivity index (χ1) is 12.2. The Balaban J connectivity index is 1.68. The molecule has 0 saturated heterocycles. The van der Waals surface area contributed by atoms with E-state index in [-0.39, 0.29) is 6.79 Å². The summed E-state index contributed by atoms with van der Waals surface area (Å²) in [6.45, 7) is 0.244. The predicted molar refractivity (Wildman–Crippen MR) is 101 cm³/mol. The van der Waals surface area contributed by atoms with Crippen LogP contribution in [0.5, 0.6) is 11.5 Å². The zero-order chi connectivity index (χ0) is 17.2. The summed E-state index contributed by atoms with van der Waals surface area (Å²) in [5, 5.41) is 12.2. The van der Waals surface area contributed by atoms with Crippen LogP contribution in [-0.2, 0) is 0 Å². The van der Waals surface area contributed by atoms with Crippen LogP contribution >= 0.6 is 27.3 Å². The van der Waals surface area contributed by atoms with E-state index in [1.54, 1.807) is 0 Å². The minimum absolute atomic E-state index is 0.244. The van der Waals surface area contributed by atoms with Gasteiger partial charge < -0.3 is 9.47 Å². The Morgan fingerprint density at radius 3 is 2.88 bits per heavy atom. The van der Waals surface area contributed by atoms with Crippen LogP contribution in [0.25, 0.3) is 22.9 Å². The van der Waals surface area contributed by atoms with Gasteiger partial charge in [-0.2, -0.15) is 5.26 Å². The van der Waals surface area contributed by atoms with Gasteiger partial charge in [-0.05, 0) is 35.9 Å². The van der Waals surface area contributed by atoms with Gasteiger partial charge in [-0.25, -0.2) is 4.98 Å². The highest BCUT2D eigenvalue weighted by atomic mass is 79.9. The molecule has 0 unspecified atom stereocenters. The summed E-state index contributed by atoms with van der Waals surface area (Å²) in [6.07, 6.45) is 1.84. The summed E-state index contributed by atoms with van der Waals surface area (Å²) in [5.41, 5.74) is 3.22. The largest absolute Gasteiger partial charge is 0.454 e. The second-order valence-corrected chi connectivity index (χ2v) is 7.01. The van der Waals surface area contributed by atoms with Gasteiger partial charge in [0, 0.05) is 15.4 Å². The lowest BCUT2D eigenvalue weighted by atomic mass is 10.1. The molecule has 0 atom stereocenters. The summed E-state index contributed by atoms with van der Waals surface area (Å²) in [7, 11) is 0. The minimum Gasteiger partial charge on any atom is -0.454 e. The maximum atomic E-state index is 9.53. The molecule has 1 aliphatic heterocycles. The highest BCUT2D eigenvalue weighted by Crippen LogP contribution is 2.36. The maximum Gasteiger partial charge on any atom is 0.231 e. The predicted octanol–water partition coefficient (Wildman–Crippen LogP) is 5.37. The van der Waals surface area contributed by atoms with Crippen molar-refractivity contribution < 1.29 is 9.47 Å². The van der Waals surface area contributed by atoms with Gasteiger partial charge in [0.05, 0.1) is 11.3 Å². The van der Waals surface area contributed by atoms with Crippen LogP contribution in [0, 0.1) is 11.3 Å². The SMILES string of the molecule is N#C/C(=C\c1ccccc1Br)c1nc(-c2ccc3c(c2)OCO3)cs1. The summed E-state index contributed by atoms with van der Waals surface area (Å²) in [5.74, 6) is 1.46. The van der Waals surface area contributed by atoms with E-state index < -0.39 is 0 Å². The van der Waals surface area contributed by atoms with Crippen molar-refractivity contribution in [2.24, 2.45) is 0 Å². The van der Waals surface area contributed by atoms with Crippen molar-refractivity contribution in [3.63, 3.8) is 0 Å². The molecule has 25 heavy (non-hydrogen) atoms. The van der Waals surface area contributed by atoms with Gasteiger partial charge >= 0.3 is 0 Å². The Hall–Kier alpha value is -2.62. The molecule has 0 aliphatic carbocycles. The summed E-state index contributed by atoms with van der Waals surface area (Å²) in [6, 6.07) is 15.7. The second kappa shape index (κ2) is 6.71. The van der Waals surface area contributed by atoms with Crippen LogP contribution < -0.4 is 9.47 Å². The lowest BCUT2D eigenvalue weighted by Crippen LogP contribution is -1.92. The molecular weight excluding hydrogens is 400 g/mol. The van der Waals surface area contributed by atoms with Gasteiger partial charge in [-0.3, -0.25) is 0 Å². The fourth-order valence-corrected chi connectivity index (χ4v) is 3.67. The Bertz CT molecular complexity index is 1020. The first-order valence-corrected chi connectivity index (χ1v) is 9.14. The van der Waals surface area contributed by atoms with E-state index >= 15 is 0 Å². The molecule has 3 aromatic rings. The van der Waals surface area contributed by atoms with E-state index in [9.17, 15) is 5.26 Å². The normalized spacial score (nSPS) is 12.9. The third-order valence-corrected chi connectivity index (χ3v) is 5.33. The van der Waals surface area contributed by atoms with Crippen molar-refractivity contribution >= 4 is 38.9 Å². The molecule has 0 bridgehead atoms. The van der Waals surface area contributed by atoms with Crippen LogP contribution in [0.3, 0.4) is 0 Å². The van der Waals surface area contributed by atoms with Crippen molar-refractivity contribution in [2.45, 2.75) is 0 Å². The quantitative estimate of drug-likeness (QED) is 0.544. The standard InChI is InChI=1S/C19H11BrN2O2S/c20-15-4-2-1-3-12(15)7-14(9-21)19-22-16(10-25-19)13-5-6-17-18(8-13)24-11-23-17/h1-8,10H,11H2/b14-7+. The number of nitriles is 1. The van der Waals surface area contributed by atoms with E-state index in [0.717, 1.165) is 32.8 Å². The van der Waals surface area contributed by atoms with Crippen molar-refractivity contribution in [3.05, 3.63) is 62.9 Å². The highest BCUT2D eigenvalue weighted by Gasteiger charge is 2.16. The van der Waals surface area contributed by atoms with E-state index in [1.165, 1.54) is 11.3 Å². The maximum absolute atomic E-state index is 9.53. The summed E-state index contributed by atoms with van der Waals surface area (Å²) >= 11 is 4.95. The Labute approximate surface area is 157 Å². The molecule has 4 nitrogen and oxygen atoms in total. The second-order valence-electron chi connectivity index (χ2n) is 5.30. The molecule has 2 heterocycles. The molecule has 6 heteroatoms. The zero-order valence-corrected chi connectivity index (χ0v) is 15.3. The molecule has 0 N–H and O–H groups in total. The number of benzene rings is 2. The number of thiazole rings is 1. The van der Waals surface area contributed by atoms with Gasteiger partial charge in [0.2, 0.25) is 6.79 Å². The van der Waals surface area contributed by atoms with Crippen molar-refractivity contribution in [1.29, 1.82) is 5.26 Å². The third-order valence-electron chi connectivity index (χ3n) is 3.73. The molecule has 0 spiro atoms. The van der Waals surface area contributed by atoms with Gasteiger partial charge in [0.1, 0.15) is 11.1 Å². The molecule has 1 aromatic heterocycles. The van der Waals surface area contributed by atoms with Crippen molar-refractivity contribution in [1.82, 2.24) is 4.98 Å². The number of ether oxygens (including phenoxy) is 2. The molecule has 4 rings (SSSR count). The molecule has 122 valence electrons. The van der Waals surface area contributed by atoms with Crippen LogP contribution in [-0.4, -0.2) is 11.8 Å². The first kappa shape index (κ1) is 15.9. The van der Waals surface area contributed by atoms with Crippen molar-refractivity contribution in [2.75, 3.05) is 6.79 Å². The first-order valence-electron chi connectivity index (χ1n) is 7.47. The summed E-state index contributed by atoms with van der Waals surface area (Å²) in [4.78, 5) is 4.62. The van der Waals surface area contributed by atoms with Crippen molar-refractivity contribution in [3.8, 4) is 28.8 Å². The van der Waals surface area contributed by atoms with E-state index in [0.29, 0.717) is 10.6 Å². The number of rotatable bonds is 3. The monoisotopic (exact) mass is 410 g/mol. The Morgan fingerprint density at radius 1 is 1.20 bits per heavy atom. The minimum atomic E-state index is 0.244. The van der Waals surface area contributed by atoms with Crippen LogP contribution in [0.4, 0.5) is 0 Å². The molecule has 1 aliphatic rings. The highest BCUT2D eigenvalue weighted by molar-refractivity contribution is 9.10. The molecule has 0 fully saturated rings. The van der Waals surface area contributed by atoms with Gasteiger partial charge in [-0.15, -0.1) is 11.3 Å². The van der Waals surface area contributed by atoms with Gasteiger partial charge in [0.25, 0.3) is 0 Å². The fraction of sp³-hybridized carbons (Fsp3) is 0.0526. The molecule has 0 radical (unpaired) electrons. The third kappa shape index (κ3) is 3.16. The van der Waals surface area contributed by atoms with E-state index in [4.69, 9.17) is 9.47 Å². The number of nitrogens with zero attached hydrogens (tertiary/aromatic N) is 2. The molecular formula is C19H11BrN2O2S. The zero-order valence-electron chi connectivity index (χ0n) is 12.9. The van der Waals surface area contributed by atoms with E-state index in [2.05, 4.69) is 27.0 Å². The van der Waals surface area contributed by atoms with E-state index in [1.807, 2.05) is 53.9 Å². The average molecular weight is 411 g/mol. The number of allylic oxidation sites excluding steroid dienone is 1. The number of hydrogen-bond donors (Lipinski definition) is 0. The topological polar surface area (TPSA) is 55.1 Å². The van der Waals surface area contributed by atoms with Crippen LogP contribution in [0.1, 0.15) is 10.6 Å². The van der Waals surface area contributed by atoms with Gasteiger partial charge in [-0.1, -0.05) is 34.1 Å². The number of fused-ring (bicyclic) bond motifs is 1. The Morgan fingerprint density at radius 2 is 2.04 bits per heavy atom. The number of halogens is 1. The van der Waals surface area contributed by atoms with Gasteiger partial charge in [0.15, 0.2) is 11.5 Å². The average Bonchev–Trinajstić information content (AvgIpc) is 3.29. The lowest BCUT2D eigenvalue weighted by Gasteiger charge is -2.00. The number of hydrogen-bond acceptors (Lipinski definition) is 5.